The van der Waals surface area contributed by atoms with Crippen molar-refractivity contribution in [3.05, 3.63) is 33.9 Å². The summed E-state index contributed by atoms with van der Waals surface area (Å²) < 4.78 is 5.44. The second kappa shape index (κ2) is 6.96. The molecular formula is C13H20N2O3. The molecule has 5 nitrogen and oxygen atoms in total. The number of aryl methyl sites for hydroxylation is 1. The van der Waals surface area contributed by atoms with Crippen molar-refractivity contribution in [3.8, 4) is 0 Å². The summed E-state index contributed by atoms with van der Waals surface area (Å²) in [6.45, 7) is 8.03. The number of nitrogens with one attached hydrogen (secondary N) is 1. The number of nitrogens with zero attached hydrogens (tertiary/aromatic N) is 1. The molecule has 1 rings (SSSR count). The predicted octanol–water partition coefficient (Wildman–Crippen LogP) is 2.99. The van der Waals surface area contributed by atoms with Gasteiger partial charge in [-0.25, -0.2) is 0 Å². The average molecular weight is 252 g/mol. The van der Waals surface area contributed by atoms with Gasteiger partial charge >= 0.3 is 0 Å². The zero-order chi connectivity index (χ0) is 13.5. The Morgan fingerprint density at radius 2 is 2.17 bits per heavy atom. The second-order valence-corrected chi connectivity index (χ2v) is 4.65. The van der Waals surface area contributed by atoms with Crippen LogP contribution in [0.1, 0.15) is 19.4 Å². The van der Waals surface area contributed by atoms with Gasteiger partial charge in [0, 0.05) is 30.5 Å². The van der Waals surface area contributed by atoms with E-state index in [0.29, 0.717) is 24.6 Å². The van der Waals surface area contributed by atoms with Gasteiger partial charge in [0.05, 0.1) is 11.5 Å². The Morgan fingerprint density at radius 1 is 1.44 bits per heavy atom. The zero-order valence-electron chi connectivity index (χ0n) is 11.1. The molecule has 0 aliphatic carbocycles. The fraction of sp³-hybridized carbons (Fsp3) is 0.538. The third kappa shape index (κ3) is 4.71. The summed E-state index contributed by atoms with van der Waals surface area (Å²) in [6, 6.07) is 5.01. The minimum atomic E-state index is -0.370. The normalized spacial score (nSPS) is 10.7. The largest absolute Gasteiger partial charge is 0.383 e. The summed E-state index contributed by atoms with van der Waals surface area (Å²) in [7, 11) is 0. The molecule has 1 aromatic rings. The number of nitro groups is 1. The lowest BCUT2D eigenvalue weighted by Crippen LogP contribution is -2.12. The zero-order valence-corrected chi connectivity index (χ0v) is 11.1. The quantitative estimate of drug-likeness (QED) is 0.460. The van der Waals surface area contributed by atoms with E-state index in [0.717, 1.165) is 12.3 Å². The SMILES string of the molecule is Cc1cc(NCCOCC(C)C)ccc1[N+](=O)[O-]. The van der Waals surface area contributed by atoms with Gasteiger partial charge in [-0.2, -0.15) is 0 Å². The van der Waals surface area contributed by atoms with Crippen molar-refractivity contribution in [3.63, 3.8) is 0 Å². The Hall–Kier alpha value is -1.62. The summed E-state index contributed by atoms with van der Waals surface area (Å²) in [5.41, 5.74) is 1.69. The number of anilines is 1. The van der Waals surface area contributed by atoms with Crippen molar-refractivity contribution in [2.45, 2.75) is 20.8 Å². The highest BCUT2D eigenvalue weighted by atomic mass is 16.6. The number of rotatable bonds is 7. The molecule has 0 unspecified atom stereocenters. The molecule has 1 N–H and O–H groups in total. The molecule has 0 radical (unpaired) electrons. The van der Waals surface area contributed by atoms with Gasteiger partial charge in [0.1, 0.15) is 0 Å². The van der Waals surface area contributed by atoms with E-state index in [1.165, 1.54) is 6.07 Å². The van der Waals surface area contributed by atoms with E-state index in [4.69, 9.17) is 4.74 Å². The highest BCUT2D eigenvalue weighted by Crippen LogP contribution is 2.21. The summed E-state index contributed by atoms with van der Waals surface area (Å²) >= 11 is 0. The molecule has 1 aromatic carbocycles. The van der Waals surface area contributed by atoms with Gasteiger partial charge in [0.2, 0.25) is 0 Å². The van der Waals surface area contributed by atoms with Gasteiger partial charge in [-0.1, -0.05) is 13.8 Å². The van der Waals surface area contributed by atoms with Crippen LogP contribution in [-0.2, 0) is 4.74 Å². The first-order valence-corrected chi connectivity index (χ1v) is 6.07. The van der Waals surface area contributed by atoms with Crippen LogP contribution in [0.15, 0.2) is 18.2 Å². The fourth-order valence-corrected chi connectivity index (χ4v) is 1.56. The molecule has 5 heteroatoms. The fourth-order valence-electron chi connectivity index (χ4n) is 1.56. The van der Waals surface area contributed by atoms with Gasteiger partial charge in [-0.05, 0) is 25.0 Å². The molecule has 0 amide bonds. The first-order chi connectivity index (χ1) is 8.50. The first kappa shape index (κ1) is 14.4. The summed E-state index contributed by atoms with van der Waals surface area (Å²) in [5, 5.41) is 13.8. The first-order valence-electron chi connectivity index (χ1n) is 6.07. The van der Waals surface area contributed by atoms with Crippen LogP contribution in [0.3, 0.4) is 0 Å². The molecule has 0 spiro atoms. The molecule has 0 aliphatic rings. The third-order valence-electron chi connectivity index (χ3n) is 2.42. The maximum absolute atomic E-state index is 10.7. The third-order valence-corrected chi connectivity index (χ3v) is 2.42. The molecule has 18 heavy (non-hydrogen) atoms. The van der Waals surface area contributed by atoms with E-state index in [1.54, 1.807) is 19.1 Å². The van der Waals surface area contributed by atoms with Gasteiger partial charge in [0.25, 0.3) is 5.69 Å². The smallest absolute Gasteiger partial charge is 0.272 e. The Bertz CT molecular complexity index is 405. The van der Waals surface area contributed by atoms with E-state index in [2.05, 4.69) is 19.2 Å². The maximum Gasteiger partial charge on any atom is 0.272 e. The highest BCUT2D eigenvalue weighted by molar-refractivity contribution is 5.53. The van der Waals surface area contributed by atoms with Crippen molar-refractivity contribution in [1.82, 2.24) is 0 Å². The summed E-state index contributed by atoms with van der Waals surface area (Å²) in [6.07, 6.45) is 0. The molecule has 100 valence electrons. The van der Waals surface area contributed by atoms with Crippen LogP contribution < -0.4 is 5.32 Å². The van der Waals surface area contributed by atoms with Crippen LogP contribution in [-0.4, -0.2) is 24.7 Å². The average Bonchev–Trinajstić information content (AvgIpc) is 2.27. The molecule has 0 bridgehead atoms. The number of benzene rings is 1. The van der Waals surface area contributed by atoms with Crippen LogP contribution in [0, 0.1) is 23.0 Å². The Labute approximate surface area is 107 Å². The molecule has 0 saturated heterocycles. The minimum absolute atomic E-state index is 0.150. The molecular weight excluding hydrogens is 232 g/mol. The number of hydrogen-bond acceptors (Lipinski definition) is 4. The van der Waals surface area contributed by atoms with Crippen molar-refractivity contribution < 1.29 is 9.66 Å². The Morgan fingerprint density at radius 3 is 2.72 bits per heavy atom. The number of ether oxygens (including phenoxy) is 1. The summed E-state index contributed by atoms with van der Waals surface area (Å²) in [4.78, 5) is 10.3. The second-order valence-electron chi connectivity index (χ2n) is 4.65. The Balaban J connectivity index is 2.39. The molecule has 0 saturated carbocycles. The monoisotopic (exact) mass is 252 g/mol. The van der Waals surface area contributed by atoms with Crippen molar-refractivity contribution in [2.24, 2.45) is 5.92 Å². The van der Waals surface area contributed by atoms with E-state index in [9.17, 15) is 10.1 Å². The lowest BCUT2D eigenvalue weighted by molar-refractivity contribution is -0.385. The molecule has 0 heterocycles. The van der Waals surface area contributed by atoms with Gasteiger partial charge in [-0.15, -0.1) is 0 Å². The summed E-state index contributed by atoms with van der Waals surface area (Å²) in [5.74, 6) is 0.534. The maximum atomic E-state index is 10.7. The van der Waals surface area contributed by atoms with Crippen molar-refractivity contribution in [2.75, 3.05) is 25.1 Å². The van der Waals surface area contributed by atoms with Crippen molar-refractivity contribution >= 4 is 11.4 Å². The van der Waals surface area contributed by atoms with E-state index in [-0.39, 0.29) is 10.6 Å². The lowest BCUT2D eigenvalue weighted by atomic mass is 10.2. The number of nitro benzene ring substituents is 1. The van der Waals surface area contributed by atoms with Crippen LogP contribution in [0.4, 0.5) is 11.4 Å². The van der Waals surface area contributed by atoms with Gasteiger partial charge in [0.15, 0.2) is 0 Å². The predicted molar refractivity (Wildman–Crippen MR) is 72.0 cm³/mol. The van der Waals surface area contributed by atoms with E-state index < -0.39 is 0 Å². The van der Waals surface area contributed by atoms with Gasteiger partial charge in [-0.3, -0.25) is 10.1 Å². The van der Waals surface area contributed by atoms with Crippen LogP contribution in [0.5, 0.6) is 0 Å². The standard InChI is InChI=1S/C13H20N2O3/c1-10(2)9-18-7-6-14-12-4-5-13(15(16)17)11(3)8-12/h4-5,8,10,14H,6-7,9H2,1-3H3. The van der Waals surface area contributed by atoms with E-state index >= 15 is 0 Å². The van der Waals surface area contributed by atoms with Crippen LogP contribution in [0.25, 0.3) is 0 Å². The lowest BCUT2D eigenvalue weighted by Gasteiger charge is -2.09. The molecule has 0 aliphatic heterocycles. The van der Waals surface area contributed by atoms with Crippen LogP contribution >= 0.6 is 0 Å². The van der Waals surface area contributed by atoms with Crippen molar-refractivity contribution in [1.29, 1.82) is 0 Å². The highest BCUT2D eigenvalue weighted by Gasteiger charge is 2.09. The van der Waals surface area contributed by atoms with E-state index in [1.807, 2.05) is 0 Å². The molecule has 0 atom stereocenters. The minimum Gasteiger partial charge on any atom is -0.383 e. The number of hydrogen-bond donors (Lipinski definition) is 1. The molecule has 0 fully saturated rings. The topological polar surface area (TPSA) is 64.4 Å². The molecule has 0 aromatic heterocycles. The van der Waals surface area contributed by atoms with Gasteiger partial charge < -0.3 is 10.1 Å². The Kier molecular flexibility index (Phi) is 5.58. The van der Waals surface area contributed by atoms with Crippen LogP contribution in [0.2, 0.25) is 0 Å².